The zero-order valence-electron chi connectivity index (χ0n) is 18.7. The van der Waals surface area contributed by atoms with E-state index in [9.17, 15) is 4.79 Å². The lowest BCUT2D eigenvalue weighted by Gasteiger charge is -2.13. The summed E-state index contributed by atoms with van der Waals surface area (Å²) in [5.74, 6) is 2.78. The average molecular weight is 477 g/mol. The largest absolute Gasteiger partial charge is 0.490 e. The molecule has 1 aliphatic heterocycles. The number of hydrogen-bond acceptors (Lipinski definition) is 7. The fraction of sp³-hybridized carbons (Fsp3) is 0.240. The normalized spacial score (nSPS) is 12.9. The highest BCUT2D eigenvalue weighted by Crippen LogP contribution is 2.33. The maximum atomic E-state index is 12.7. The van der Waals surface area contributed by atoms with Crippen LogP contribution in [0, 0.1) is 6.92 Å². The quantitative estimate of drug-likeness (QED) is 0.395. The molecule has 0 aliphatic carbocycles. The molecule has 0 atom stereocenters. The van der Waals surface area contributed by atoms with Gasteiger partial charge >= 0.3 is 0 Å². The van der Waals surface area contributed by atoms with E-state index in [4.69, 9.17) is 13.9 Å². The second-order valence-electron chi connectivity index (χ2n) is 7.80. The number of benzene rings is 2. The van der Waals surface area contributed by atoms with Gasteiger partial charge in [-0.15, -0.1) is 10.2 Å². The first-order valence-corrected chi connectivity index (χ1v) is 12.0. The molecule has 3 heterocycles. The number of amides is 1. The summed E-state index contributed by atoms with van der Waals surface area (Å²) in [5.41, 5.74) is 2.93. The van der Waals surface area contributed by atoms with Gasteiger partial charge in [0, 0.05) is 18.7 Å². The van der Waals surface area contributed by atoms with Gasteiger partial charge in [0.2, 0.25) is 11.7 Å². The first-order chi connectivity index (χ1) is 16.7. The molecular formula is C25H24N4O4S. The summed E-state index contributed by atoms with van der Waals surface area (Å²) >= 11 is 1.32. The van der Waals surface area contributed by atoms with Crippen LogP contribution in [0.15, 0.2) is 70.4 Å². The molecule has 4 aromatic rings. The van der Waals surface area contributed by atoms with E-state index in [1.165, 1.54) is 11.8 Å². The fourth-order valence-electron chi connectivity index (χ4n) is 3.66. The minimum Gasteiger partial charge on any atom is -0.490 e. The van der Waals surface area contributed by atoms with Crippen LogP contribution >= 0.6 is 11.8 Å². The third kappa shape index (κ3) is 4.79. The molecule has 34 heavy (non-hydrogen) atoms. The highest BCUT2D eigenvalue weighted by molar-refractivity contribution is 7.99. The molecule has 1 aliphatic rings. The number of carbonyl (C=O) groups is 1. The molecule has 0 spiro atoms. The van der Waals surface area contributed by atoms with Crippen molar-refractivity contribution in [1.29, 1.82) is 0 Å². The molecule has 1 N–H and O–H groups in total. The van der Waals surface area contributed by atoms with Gasteiger partial charge in [-0.1, -0.05) is 30.0 Å². The lowest BCUT2D eigenvalue weighted by molar-refractivity contribution is -0.118. The molecule has 0 saturated carbocycles. The van der Waals surface area contributed by atoms with Crippen LogP contribution in [0.5, 0.6) is 11.5 Å². The van der Waals surface area contributed by atoms with Crippen molar-refractivity contribution in [2.75, 3.05) is 19.0 Å². The van der Waals surface area contributed by atoms with Crippen LogP contribution in [0.2, 0.25) is 0 Å². The van der Waals surface area contributed by atoms with Crippen LogP contribution in [0.1, 0.15) is 17.5 Å². The fourth-order valence-corrected chi connectivity index (χ4v) is 4.44. The number of nitrogens with zero attached hydrogens (tertiary/aromatic N) is 3. The van der Waals surface area contributed by atoms with Crippen molar-refractivity contribution in [2.24, 2.45) is 0 Å². The van der Waals surface area contributed by atoms with E-state index in [2.05, 4.69) is 15.5 Å². The molecule has 1 amide bonds. The first-order valence-electron chi connectivity index (χ1n) is 11.0. The summed E-state index contributed by atoms with van der Waals surface area (Å²) in [4.78, 5) is 12.7. The third-order valence-corrected chi connectivity index (χ3v) is 6.33. The number of furan rings is 1. The molecule has 5 rings (SSSR count). The number of carbonyl (C=O) groups excluding carboxylic acids is 1. The molecule has 9 heteroatoms. The van der Waals surface area contributed by atoms with Gasteiger partial charge in [0.15, 0.2) is 22.4 Å². The first kappa shape index (κ1) is 22.1. The lowest BCUT2D eigenvalue weighted by atomic mass is 10.1. The SMILES string of the molecule is Cc1cc2c(cc1CNC(=O)CSc1nnc(-c3ccco3)n1-c1ccccc1)OCCCO2. The highest BCUT2D eigenvalue weighted by atomic mass is 32.2. The van der Waals surface area contributed by atoms with Crippen LogP contribution in [0.25, 0.3) is 17.3 Å². The van der Waals surface area contributed by atoms with Crippen molar-refractivity contribution in [2.45, 2.75) is 25.0 Å². The number of rotatable bonds is 7. The maximum Gasteiger partial charge on any atom is 0.230 e. The summed E-state index contributed by atoms with van der Waals surface area (Å²) in [6.45, 7) is 3.68. The minimum atomic E-state index is -0.0985. The molecule has 0 bridgehead atoms. The van der Waals surface area contributed by atoms with Gasteiger partial charge in [-0.25, -0.2) is 0 Å². The van der Waals surface area contributed by atoms with E-state index in [1.54, 1.807) is 12.3 Å². The number of para-hydroxylation sites is 1. The Balaban J connectivity index is 1.27. The van der Waals surface area contributed by atoms with Crippen molar-refractivity contribution in [3.8, 4) is 28.8 Å². The molecule has 2 aromatic carbocycles. The smallest absolute Gasteiger partial charge is 0.230 e. The van der Waals surface area contributed by atoms with Crippen molar-refractivity contribution >= 4 is 17.7 Å². The Morgan fingerprint density at radius 2 is 1.85 bits per heavy atom. The number of aryl methyl sites for hydroxylation is 1. The Kier molecular flexibility index (Phi) is 6.53. The number of aromatic nitrogens is 3. The third-order valence-electron chi connectivity index (χ3n) is 5.40. The van der Waals surface area contributed by atoms with Gasteiger partial charge in [-0.2, -0.15) is 0 Å². The maximum absolute atomic E-state index is 12.7. The van der Waals surface area contributed by atoms with Crippen molar-refractivity contribution in [3.63, 3.8) is 0 Å². The van der Waals surface area contributed by atoms with Crippen LogP contribution < -0.4 is 14.8 Å². The summed E-state index contributed by atoms with van der Waals surface area (Å²) < 4.78 is 18.9. The standard InChI is InChI=1S/C25H24N4O4S/c1-17-13-21-22(33-12-6-11-32-21)14-18(17)15-26-23(30)16-34-25-28-27-24(20-9-5-10-31-20)29(25)19-7-3-2-4-8-19/h2-5,7-10,13-14H,6,11-12,15-16H2,1H3,(H,26,30). The second-order valence-corrected chi connectivity index (χ2v) is 8.74. The number of nitrogens with one attached hydrogen (secondary N) is 1. The summed E-state index contributed by atoms with van der Waals surface area (Å²) in [6.07, 6.45) is 2.45. The van der Waals surface area contributed by atoms with Gasteiger partial charge in [0.05, 0.1) is 25.2 Å². The number of thioether (sulfide) groups is 1. The minimum absolute atomic E-state index is 0.0985. The van der Waals surface area contributed by atoms with E-state index in [-0.39, 0.29) is 11.7 Å². The Morgan fingerprint density at radius 1 is 1.06 bits per heavy atom. The van der Waals surface area contributed by atoms with E-state index >= 15 is 0 Å². The predicted molar refractivity (Wildman–Crippen MR) is 128 cm³/mol. The van der Waals surface area contributed by atoms with E-state index in [0.717, 1.165) is 34.7 Å². The molecule has 0 unspecified atom stereocenters. The summed E-state index contributed by atoms with van der Waals surface area (Å²) in [7, 11) is 0. The van der Waals surface area contributed by atoms with Gasteiger partial charge in [-0.3, -0.25) is 9.36 Å². The Hall–Kier alpha value is -3.72. The number of fused-ring (bicyclic) bond motifs is 1. The van der Waals surface area contributed by atoms with E-state index in [0.29, 0.717) is 36.5 Å². The van der Waals surface area contributed by atoms with Gasteiger partial charge < -0.3 is 19.2 Å². The van der Waals surface area contributed by atoms with Gasteiger partial charge in [-0.05, 0) is 54.4 Å². The Labute approximate surface area is 201 Å². The van der Waals surface area contributed by atoms with Crippen LogP contribution in [0.3, 0.4) is 0 Å². The number of ether oxygens (including phenoxy) is 2. The van der Waals surface area contributed by atoms with Crippen molar-refractivity contribution in [1.82, 2.24) is 20.1 Å². The van der Waals surface area contributed by atoms with Crippen molar-refractivity contribution in [3.05, 3.63) is 72.0 Å². The van der Waals surface area contributed by atoms with Gasteiger partial charge in [0.25, 0.3) is 0 Å². The predicted octanol–water partition coefficient (Wildman–Crippen LogP) is 4.41. The highest BCUT2D eigenvalue weighted by Gasteiger charge is 2.19. The monoisotopic (exact) mass is 476 g/mol. The van der Waals surface area contributed by atoms with E-state index < -0.39 is 0 Å². The second kappa shape index (κ2) is 10.0. The van der Waals surface area contributed by atoms with Crippen LogP contribution in [-0.2, 0) is 11.3 Å². The van der Waals surface area contributed by atoms with Crippen LogP contribution in [-0.4, -0.2) is 39.6 Å². The molecule has 0 radical (unpaired) electrons. The lowest BCUT2D eigenvalue weighted by Crippen LogP contribution is -2.25. The molecular weight excluding hydrogens is 452 g/mol. The molecule has 0 fully saturated rings. The average Bonchev–Trinajstić information content (AvgIpc) is 3.48. The summed E-state index contributed by atoms with van der Waals surface area (Å²) in [6, 6.07) is 17.3. The zero-order valence-corrected chi connectivity index (χ0v) is 19.5. The molecule has 0 saturated heterocycles. The molecule has 174 valence electrons. The topological polar surface area (TPSA) is 91.4 Å². The Bertz CT molecular complexity index is 1270. The van der Waals surface area contributed by atoms with Crippen molar-refractivity contribution < 1.29 is 18.7 Å². The molecule has 8 nitrogen and oxygen atoms in total. The molecule has 2 aromatic heterocycles. The van der Waals surface area contributed by atoms with E-state index in [1.807, 2.05) is 60.0 Å². The zero-order chi connectivity index (χ0) is 23.3. The Morgan fingerprint density at radius 3 is 2.62 bits per heavy atom. The van der Waals surface area contributed by atoms with Gasteiger partial charge in [0.1, 0.15) is 0 Å². The summed E-state index contributed by atoms with van der Waals surface area (Å²) in [5, 5.41) is 12.2. The van der Waals surface area contributed by atoms with Crippen LogP contribution in [0.4, 0.5) is 0 Å². The number of hydrogen-bond donors (Lipinski definition) is 1.